The van der Waals surface area contributed by atoms with Crippen molar-refractivity contribution in [2.75, 3.05) is 11.5 Å². The highest BCUT2D eigenvalue weighted by Crippen LogP contribution is 2.31. The molecule has 0 spiro atoms. The lowest BCUT2D eigenvalue weighted by Crippen LogP contribution is -2.27. The lowest BCUT2D eigenvalue weighted by molar-refractivity contribution is 0.0695. The van der Waals surface area contributed by atoms with Gasteiger partial charge in [0.25, 0.3) is 40.0 Å². The van der Waals surface area contributed by atoms with E-state index in [0.29, 0.717) is 57.2 Å². The molecule has 694 valence electrons. The van der Waals surface area contributed by atoms with Gasteiger partial charge in [-0.1, -0.05) is 127 Å². The zero-order valence-corrected chi connectivity index (χ0v) is 82.5. The molecule has 133 heavy (non-hydrogen) atoms. The molecule has 4 atom stereocenters. The fraction of sp³-hybridized carbons (Fsp3) is 0.208. The lowest BCUT2D eigenvalue weighted by atomic mass is 10.1. The maximum absolute atomic E-state index is 12.6. The summed E-state index contributed by atoms with van der Waals surface area (Å²) in [7, 11) is 0. The highest BCUT2D eigenvalue weighted by atomic mass is 79.9. The van der Waals surface area contributed by atoms with Crippen LogP contribution in [0.4, 0.5) is 11.9 Å². The van der Waals surface area contributed by atoms with Gasteiger partial charge in [0.05, 0.1) is 5.56 Å². The third kappa shape index (κ3) is 33.4. The molecule has 0 aliphatic carbocycles. The molecular formula is C101H109Br3N14O13S2. The van der Waals surface area contributed by atoms with Crippen molar-refractivity contribution in [3.63, 3.8) is 0 Å². The van der Waals surface area contributed by atoms with Gasteiger partial charge in [0.1, 0.15) is 47.4 Å². The maximum atomic E-state index is 12.6. The molecule has 3 amide bonds. The lowest BCUT2D eigenvalue weighted by Gasteiger charge is -2.16. The minimum absolute atomic E-state index is 0. The topological polar surface area (TPSA) is 423 Å². The smallest absolute Gasteiger partial charge is 0.335 e. The van der Waals surface area contributed by atoms with E-state index in [0.717, 1.165) is 115 Å². The largest absolute Gasteiger partial charge is 0.486 e. The van der Waals surface area contributed by atoms with Crippen molar-refractivity contribution in [3.8, 4) is 34.1 Å². The Morgan fingerprint density at radius 1 is 0.353 bits per heavy atom. The van der Waals surface area contributed by atoms with E-state index < -0.39 is 5.97 Å². The first kappa shape index (κ1) is 107. The van der Waals surface area contributed by atoms with Gasteiger partial charge in [-0.2, -0.15) is 27.0 Å². The average Bonchev–Trinajstić information content (AvgIpc) is 0.841. The number of halogens is 3. The zero-order valence-electron chi connectivity index (χ0n) is 75.7. The van der Waals surface area contributed by atoms with Gasteiger partial charge in [0, 0.05) is 132 Å². The van der Waals surface area contributed by atoms with Crippen molar-refractivity contribution in [1.82, 2.24) is 55.8 Å². The van der Waals surface area contributed by atoms with Crippen molar-refractivity contribution in [2.45, 2.75) is 141 Å². The van der Waals surface area contributed by atoms with Gasteiger partial charge >= 0.3 is 5.97 Å². The molecule has 8 aromatic carbocycles. The third-order valence-corrected chi connectivity index (χ3v) is 21.8. The van der Waals surface area contributed by atoms with Gasteiger partial charge in [-0.3, -0.25) is 33.6 Å². The number of aromatic amines is 4. The number of amides is 3. The molecular weight excluding hydrogens is 1920 g/mol. The summed E-state index contributed by atoms with van der Waals surface area (Å²) in [6.45, 7) is 25.4. The van der Waals surface area contributed by atoms with Crippen LogP contribution in [0.15, 0.2) is 276 Å². The number of nitrogen functional groups attached to an aromatic ring is 2. The highest BCUT2D eigenvalue weighted by Gasteiger charge is 2.19. The number of anilines is 2. The van der Waals surface area contributed by atoms with Gasteiger partial charge in [-0.25, -0.2) is 24.7 Å². The van der Waals surface area contributed by atoms with Crippen molar-refractivity contribution in [2.24, 2.45) is 5.73 Å². The first-order valence-electron chi connectivity index (χ1n) is 41.6. The Kier molecular flexibility index (Phi) is 41.6. The molecule has 0 radical (unpaired) electrons. The minimum atomic E-state index is -0.924. The average molecular weight is 2030 g/mol. The van der Waals surface area contributed by atoms with E-state index in [1.807, 2.05) is 248 Å². The van der Waals surface area contributed by atoms with E-state index >= 15 is 0 Å². The van der Waals surface area contributed by atoms with E-state index in [-0.39, 0.29) is 123 Å². The van der Waals surface area contributed by atoms with Crippen LogP contribution in [-0.2, 0) is 26.2 Å². The molecule has 0 aliphatic heterocycles. The number of carbonyl (C=O) groups is 4. The number of nitrogens with one attached hydrogen (secondary N) is 7. The Labute approximate surface area is 810 Å². The Morgan fingerprint density at radius 2 is 0.609 bits per heavy atom. The van der Waals surface area contributed by atoms with Crippen molar-refractivity contribution < 1.29 is 43.2 Å². The molecule has 0 bridgehead atoms. The van der Waals surface area contributed by atoms with E-state index in [4.69, 9.17) is 41.3 Å². The van der Waals surface area contributed by atoms with Crippen LogP contribution in [0.5, 0.6) is 23.0 Å². The van der Waals surface area contributed by atoms with E-state index in [9.17, 15) is 38.4 Å². The Bertz CT molecular complexity index is 6320. The van der Waals surface area contributed by atoms with Gasteiger partial charge in [-0.15, -0.1) is 0 Å². The molecule has 14 rings (SSSR count). The van der Waals surface area contributed by atoms with Crippen molar-refractivity contribution in [3.05, 3.63) is 415 Å². The first-order valence-corrected chi connectivity index (χ1v) is 43.9. The Balaban J connectivity index is 0.000000228. The summed E-state index contributed by atoms with van der Waals surface area (Å²) in [6, 6.07) is 66.7. The molecule has 27 nitrogen and oxygen atoms in total. The number of carbonyl (C=O) groups excluding carboxylic acids is 3. The van der Waals surface area contributed by atoms with Crippen molar-refractivity contribution >= 4 is 110 Å². The quantitative estimate of drug-likeness (QED) is 0.0268. The standard InChI is InChI=1S/C27H27N5O3.2C23H23BrN2O3.C15H13BrO3.C8H12N2O.C5H7N3.2H2S/c1-16-11-17(2)32-26(34)24(16)15-29-25(33)20-9-7-19(8-10-20)18(3)35-23-6-4-5-21(12-23)22-13-30-27(28)31-14-22;2*1-14-11-15(2)26-23(28)21(14)13-25-22(27)18-9-7-17(8-10-18)16(3)29-20-6-4-5-19(24)12-20;1-10(19-14-4-2-3-13(16)9-14)11-5-7-12(8-6-11)15(17)18;1-5-3-6(2)10-8(11)7(5)4-9;1-4-2-7-5(6)8-3-4;;/h4-14,18H,15H2,1-3H3,(H,29,33)(H,32,34)(H2,28,30,31);2*4-12,16H,13H2,1-3H3,(H,25,27)(H,26,28);2-10H,1H3,(H,17,18);3H,4,9H2,1-2H3,(H,10,11);2-3H,1H3,(H2,6,7,8);2*1H2/t18-;16-;;;;;;/m00....../s1. The summed E-state index contributed by atoms with van der Waals surface area (Å²) < 4.78 is 26.7. The van der Waals surface area contributed by atoms with Crippen LogP contribution in [-0.4, -0.2) is 68.7 Å². The third-order valence-electron chi connectivity index (χ3n) is 20.3. The fourth-order valence-corrected chi connectivity index (χ4v) is 14.3. The normalized spacial score (nSPS) is 11.3. The van der Waals surface area contributed by atoms with E-state index in [1.165, 1.54) is 0 Å². The fourth-order valence-electron chi connectivity index (χ4n) is 13.2. The summed E-state index contributed by atoms with van der Waals surface area (Å²) in [5.74, 6) is 1.95. The number of hydrogen-bond donors (Lipinski definition) is 11. The number of pyridine rings is 4. The number of rotatable bonds is 24. The molecule has 0 saturated carbocycles. The molecule has 6 aromatic heterocycles. The summed E-state index contributed by atoms with van der Waals surface area (Å²) in [4.78, 5) is 122. The summed E-state index contributed by atoms with van der Waals surface area (Å²) in [5, 5.41) is 17.3. The number of ether oxygens (including phenoxy) is 4. The van der Waals surface area contributed by atoms with Crippen molar-refractivity contribution in [1.29, 1.82) is 0 Å². The summed E-state index contributed by atoms with van der Waals surface area (Å²) in [6.07, 6.45) is 6.02. The van der Waals surface area contributed by atoms with Gasteiger partial charge in [0.2, 0.25) is 11.9 Å². The number of nitrogens with zero attached hydrogens (tertiary/aromatic N) is 4. The molecule has 32 heteroatoms. The predicted molar refractivity (Wildman–Crippen MR) is 543 cm³/mol. The minimum Gasteiger partial charge on any atom is -0.486 e. The molecule has 6 heterocycles. The molecule has 14 aromatic rings. The summed E-state index contributed by atoms with van der Waals surface area (Å²) in [5.41, 5.74) is 33.2. The number of hydrogen-bond acceptors (Lipinski definition) is 19. The Hall–Kier alpha value is -13.5. The van der Waals surface area contributed by atoms with E-state index in [2.05, 4.69) is 104 Å². The number of carboxylic acid groups (broad SMARTS) is 1. The second kappa shape index (κ2) is 51.9. The Morgan fingerprint density at radius 3 is 0.865 bits per heavy atom. The molecule has 2 unspecified atom stereocenters. The molecule has 0 saturated heterocycles. The first-order chi connectivity index (χ1) is 62.4. The molecule has 0 fully saturated rings. The van der Waals surface area contributed by atoms with Crippen LogP contribution in [0, 0.1) is 62.3 Å². The van der Waals surface area contributed by atoms with Crippen LogP contribution in [0.1, 0.15) is 189 Å². The van der Waals surface area contributed by atoms with Crippen LogP contribution in [0.25, 0.3) is 11.1 Å². The number of nitrogens with two attached hydrogens (primary N) is 3. The second-order valence-corrected chi connectivity index (χ2v) is 33.5. The molecule has 0 aliphatic rings. The number of carboxylic acids is 1. The van der Waals surface area contributed by atoms with Gasteiger partial charge < -0.3 is 77.1 Å². The maximum Gasteiger partial charge on any atom is 0.335 e. The highest BCUT2D eigenvalue weighted by molar-refractivity contribution is 9.11. The summed E-state index contributed by atoms with van der Waals surface area (Å²) >= 11 is 10.3. The van der Waals surface area contributed by atoms with Crippen LogP contribution < -0.4 is 74.3 Å². The number of H-pyrrole nitrogens is 4. The SMILES string of the molecule is CC(Oc1cccc(Br)c1)c1ccc(C(=O)O)cc1.Cc1cc(C)c(CN)c(=O)[nH]1.Cc1cc(C)c(CNC(=O)c2ccc(C(C)Oc3cccc(Br)c3)cc2)c(=O)[nH]1.Cc1cc(C)c(CNC(=O)c2ccc([C@H](C)Oc3cccc(-c4cnc(N)nc4)c3)cc2)c(=O)[nH]1.Cc1cc(C)c(CNC(=O)c2ccc([C@H](C)Oc3cccc(Br)c3)cc2)c(=O)[nH]1.Cc1cnc(N)nc1.S.S. The van der Waals surface area contributed by atoms with Crippen LogP contribution in [0.2, 0.25) is 0 Å². The second-order valence-electron chi connectivity index (χ2n) is 30.7. The molecule has 14 N–H and O–H groups in total. The van der Waals surface area contributed by atoms with Crippen LogP contribution >= 0.6 is 74.8 Å². The van der Waals surface area contributed by atoms with Gasteiger partial charge in [-0.05, 0) is 285 Å². The zero-order chi connectivity index (χ0) is 95.1. The van der Waals surface area contributed by atoms with Gasteiger partial charge in [0.15, 0.2) is 0 Å². The number of benzene rings is 8. The van der Waals surface area contributed by atoms with E-state index in [1.54, 1.807) is 85.5 Å². The number of aryl methyl sites for hydroxylation is 9. The monoisotopic (exact) mass is 2030 g/mol. The predicted octanol–water partition coefficient (Wildman–Crippen LogP) is 19.1. The number of aromatic nitrogens is 8. The van der Waals surface area contributed by atoms with Crippen LogP contribution in [0.3, 0.4) is 0 Å². The number of aromatic carboxylic acids is 1.